The van der Waals surface area contributed by atoms with Crippen LogP contribution >= 0.6 is 11.3 Å². The number of hydroxylamine groups is 1. The average Bonchev–Trinajstić information content (AvgIpc) is 2.91. The zero-order valence-corrected chi connectivity index (χ0v) is 14.6. The Morgan fingerprint density at radius 2 is 2.08 bits per heavy atom. The highest BCUT2D eigenvalue weighted by molar-refractivity contribution is 7.14. The normalized spacial score (nSPS) is 16.8. The molecule has 25 heavy (non-hydrogen) atoms. The molecule has 0 bridgehead atoms. The van der Waals surface area contributed by atoms with Crippen molar-refractivity contribution in [1.29, 1.82) is 0 Å². The summed E-state index contributed by atoms with van der Waals surface area (Å²) in [6, 6.07) is 8.02. The van der Waals surface area contributed by atoms with Gasteiger partial charge in [-0.15, -0.1) is 11.3 Å². The molecule has 6 nitrogen and oxygen atoms in total. The standard InChI is InChI=1S/C18H20N2O4S/c21-18(19-22)16-9-13-4-5-20(11-17(13)25-16)10-12-2-3-14-15(8-12)24-7-1-6-23-14/h2-3,8-9,22H,1,4-7,10-11H2,(H,19,21). The van der Waals surface area contributed by atoms with E-state index in [1.807, 2.05) is 12.1 Å². The number of nitrogens with one attached hydrogen (secondary N) is 1. The molecule has 1 amide bonds. The molecule has 0 spiro atoms. The SMILES string of the molecule is O=C(NO)c1cc2c(s1)CN(Cc1ccc3c(c1)OCCCO3)CC2. The number of ether oxygens (including phenoxy) is 2. The summed E-state index contributed by atoms with van der Waals surface area (Å²) in [6.45, 7) is 3.97. The topological polar surface area (TPSA) is 71.0 Å². The maximum absolute atomic E-state index is 11.6. The van der Waals surface area contributed by atoms with Crippen molar-refractivity contribution in [3.05, 3.63) is 45.1 Å². The van der Waals surface area contributed by atoms with Crippen LogP contribution in [0.25, 0.3) is 0 Å². The Balaban J connectivity index is 1.46. The Morgan fingerprint density at radius 3 is 2.92 bits per heavy atom. The molecule has 0 unspecified atom stereocenters. The number of nitrogens with zero attached hydrogens (tertiary/aromatic N) is 1. The van der Waals surface area contributed by atoms with Gasteiger partial charge >= 0.3 is 0 Å². The molecule has 2 aliphatic heterocycles. The number of hydrogen-bond acceptors (Lipinski definition) is 6. The van der Waals surface area contributed by atoms with Crippen LogP contribution in [-0.2, 0) is 19.5 Å². The van der Waals surface area contributed by atoms with Crippen molar-refractivity contribution in [2.24, 2.45) is 0 Å². The first-order chi connectivity index (χ1) is 12.2. The third-order valence-electron chi connectivity index (χ3n) is 4.50. The number of carbonyl (C=O) groups is 1. The molecule has 4 rings (SSSR count). The van der Waals surface area contributed by atoms with Crippen molar-refractivity contribution in [3.8, 4) is 11.5 Å². The minimum Gasteiger partial charge on any atom is -0.490 e. The van der Waals surface area contributed by atoms with Gasteiger partial charge in [0.2, 0.25) is 0 Å². The second kappa shape index (κ2) is 7.03. The summed E-state index contributed by atoms with van der Waals surface area (Å²) in [5.41, 5.74) is 4.11. The molecule has 132 valence electrons. The predicted octanol–water partition coefficient (Wildman–Crippen LogP) is 2.59. The zero-order chi connectivity index (χ0) is 17.2. The van der Waals surface area contributed by atoms with Crippen molar-refractivity contribution in [2.75, 3.05) is 19.8 Å². The van der Waals surface area contributed by atoms with Gasteiger partial charge in [-0.25, -0.2) is 5.48 Å². The van der Waals surface area contributed by atoms with E-state index in [0.717, 1.165) is 44.0 Å². The van der Waals surface area contributed by atoms with Gasteiger partial charge in [0.15, 0.2) is 11.5 Å². The molecule has 1 aromatic heterocycles. The summed E-state index contributed by atoms with van der Waals surface area (Å²) >= 11 is 1.45. The summed E-state index contributed by atoms with van der Waals surface area (Å²) in [4.78, 5) is 15.7. The van der Waals surface area contributed by atoms with Gasteiger partial charge < -0.3 is 9.47 Å². The number of thiophene rings is 1. The number of benzene rings is 1. The third-order valence-corrected chi connectivity index (χ3v) is 5.67. The van der Waals surface area contributed by atoms with Crippen LogP contribution in [0.4, 0.5) is 0 Å². The van der Waals surface area contributed by atoms with Gasteiger partial charge in [0.1, 0.15) is 0 Å². The van der Waals surface area contributed by atoms with E-state index >= 15 is 0 Å². The van der Waals surface area contributed by atoms with Crippen LogP contribution in [0.2, 0.25) is 0 Å². The first kappa shape index (κ1) is 16.4. The second-order valence-electron chi connectivity index (χ2n) is 6.29. The van der Waals surface area contributed by atoms with Gasteiger partial charge in [0.05, 0.1) is 18.1 Å². The van der Waals surface area contributed by atoms with E-state index in [4.69, 9.17) is 14.7 Å². The van der Waals surface area contributed by atoms with Crippen molar-refractivity contribution in [2.45, 2.75) is 25.9 Å². The molecule has 2 N–H and O–H groups in total. The summed E-state index contributed by atoms with van der Waals surface area (Å²) in [7, 11) is 0. The molecule has 0 saturated heterocycles. The van der Waals surface area contributed by atoms with Crippen molar-refractivity contribution in [3.63, 3.8) is 0 Å². The molecule has 0 atom stereocenters. The molecule has 2 aliphatic rings. The molecule has 2 aromatic rings. The first-order valence-corrected chi connectivity index (χ1v) is 9.21. The van der Waals surface area contributed by atoms with Gasteiger partial charge in [-0.2, -0.15) is 0 Å². The van der Waals surface area contributed by atoms with Crippen LogP contribution in [0, 0.1) is 0 Å². The van der Waals surface area contributed by atoms with Crippen LogP contribution in [0.1, 0.15) is 32.1 Å². The zero-order valence-electron chi connectivity index (χ0n) is 13.8. The quantitative estimate of drug-likeness (QED) is 0.650. The van der Waals surface area contributed by atoms with Gasteiger partial charge in [-0.1, -0.05) is 6.07 Å². The summed E-state index contributed by atoms with van der Waals surface area (Å²) < 4.78 is 11.4. The van der Waals surface area contributed by atoms with E-state index in [0.29, 0.717) is 18.1 Å². The number of fused-ring (bicyclic) bond motifs is 2. The average molecular weight is 360 g/mol. The lowest BCUT2D eigenvalue weighted by Gasteiger charge is -2.26. The summed E-state index contributed by atoms with van der Waals surface area (Å²) in [5, 5.41) is 8.79. The van der Waals surface area contributed by atoms with E-state index < -0.39 is 5.91 Å². The van der Waals surface area contributed by atoms with Gasteiger partial charge in [-0.05, 0) is 35.7 Å². The first-order valence-electron chi connectivity index (χ1n) is 8.40. The fourth-order valence-corrected chi connectivity index (χ4v) is 4.38. The maximum atomic E-state index is 11.6. The molecular formula is C18H20N2O4S. The number of carbonyl (C=O) groups excluding carboxylic acids is 1. The van der Waals surface area contributed by atoms with E-state index in [1.54, 1.807) is 5.48 Å². The molecule has 0 saturated carbocycles. The minimum absolute atomic E-state index is 0.436. The number of rotatable bonds is 3. The molecule has 0 radical (unpaired) electrons. The Kier molecular flexibility index (Phi) is 4.61. The fourth-order valence-electron chi connectivity index (χ4n) is 3.24. The van der Waals surface area contributed by atoms with E-state index in [1.165, 1.54) is 27.3 Å². The highest BCUT2D eigenvalue weighted by atomic mass is 32.1. The van der Waals surface area contributed by atoms with Gasteiger partial charge in [0.25, 0.3) is 5.91 Å². The highest BCUT2D eigenvalue weighted by Gasteiger charge is 2.22. The predicted molar refractivity (Wildman–Crippen MR) is 93.4 cm³/mol. The Bertz CT molecular complexity index is 789. The third kappa shape index (κ3) is 3.49. The van der Waals surface area contributed by atoms with E-state index in [9.17, 15) is 4.79 Å². The molecule has 0 aliphatic carbocycles. The number of amides is 1. The van der Waals surface area contributed by atoms with Crippen LogP contribution in [-0.4, -0.2) is 35.8 Å². The van der Waals surface area contributed by atoms with Crippen LogP contribution < -0.4 is 15.0 Å². The van der Waals surface area contributed by atoms with E-state index in [-0.39, 0.29) is 0 Å². The number of hydrogen-bond donors (Lipinski definition) is 2. The largest absolute Gasteiger partial charge is 0.490 e. The van der Waals surface area contributed by atoms with Crippen molar-refractivity contribution >= 4 is 17.2 Å². The van der Waals surface area contributed by atoms with Crippen LogP contribution in [0.5, 0.6) is 11.5 Å². The molecule has 1 aromatic carbocycles. The molecule has 3 heterocycles. The van der Waals surface area contributed by atoms with Crippen LogP contribution in [0.15, 0.2) is 24.3 Å². The molecular weight excluding hydrogens is 340 g/mol. The fraction of sp³-hybridized carbons (Fsp3) is 0.389. The molecule has 0 fully saturated rings. The molecule has 7 heteroatoms. The summed E-state index contributed by atoms with van der Waals surface area (Å²) in [6.07, 6.45) is 1.82. The lowest BCUT2D eigenvalue weighted by molar-refractivity contribution is 0.0711. The lowest BCUT2D eigenvalue weighted by Crippen LogP contribution is -2.29. The minimum atomic E-state index is -0.436. The van der Waals surface area contributed by atoms with E-state index in [2.05, 4.69) is 17.0 Å². The van der Waals surface area contributed by atoms with Crippen LogP contribution in [0.3, 0.4) is 0 Å². The van der Waals surface area contributed by atoms with Crippen molar-refractivity contribution < 1.29 is 19.5 Å². The van der Waals surface area contributed by atoms with Crippen molar-refractivity contribution in [1.82, 2.24) is 10.4 Å². The maximum Gasteiger partial charge on any atom is 0.284 e. The second-order valence-corrected chi connectivity index (χ2v) is 7.43. The smallest absolute Gasteiger partial charge is 0.284 e. The Labute approximate surface area is 149 Å². The Hall–Kier alpha value is -2.09. The summed E-state index contributed by atoms with van der Waals surface area (Å²) in [5.74, 6) is 1.21. The Morgan fingerprint density at radius 1 is 1.24 bits per heavy atom. The lowest BCUT2D eigenvalue weighted by atomic mass is 10.1. The highest BCUT2D eigenvalue weighted by Crippen LogP contribution is 2.32. The monoisotopic (exact) mass is 360 g/mol. The van der Waals surface area contributed by atoms with Gasteiger partial charge in [0, 0.05) is 30.9 Å². The van der Waals surface area contributed by atoms with Gasteiger partial charge in [-0.3, -0.25) is 14.9 Å².